The van der Waals surface area contributed by atoms with Crippen LogP contribution in [0.2, 0.25) is 0 Å². The first kappa shape index (κ1) is 47.9. The quantitative estimate of drug-likeness (QED) is 0.0366. The number of hydrogen-bond acceptors (Lipinski definition) is 6. The normalized spacial score (nSPS) is 13.8. The summed E-state index contributed by atoms with van der Waals surface area (Å²) in [6, 6.07) is 0. The zero-order valence-corrected chi connectivity index (χ0v) is 30.8. The van der Waals surface area contributed by atoms with Gasteiger partial charge in [0.25, 0.3) is 5.91 Å². The Bertz CT molecular complexity index is 654. The van der Waals surface area contributed by atoms with Crippen molar-refractivity contribution in [1.29, 1.82) is 0 Å². The zero-order valence-electron chi connectivity index (χ0n) is 30.8. The van der Waals surface area contributed by atoms with Gasteiger partial charge in [0.1, 0.15) is 12.2 Å². The topological polar surface area (TPSA) is 175 Å². The molecule has 9 N–H and O–H groups in total. The van der Waals surface area contributed by atoms with Gasteiger partial charge in [-0.1, -0.05) is 174 Å². The van der Waals surface area contributed by atoms with Crippen molar-refractivity contribution in [1.82, 2.24) is 5.32 Å². The van der Waals surface area contributed by atoms with E-state index in [1.165, 1.54) is 154 Å². The maximum Gasteiger partial charge on any atom is 0.335 e. The Morgan fingerprint density at radius 2 is 0.745 bits per heavy atom. The van der Waals surface area contributed by atoms with Crippen molar-refractivity contribution in [3.05, 3.63) is 0 Å². The monoisotopic (exact) mass is 676 g/mol. The Morgan fingerprint density at radius 1 is 0.468 bits per heavy atom. The molecule has 0 radical (unpaired) electrons. The van der Waals surface area contributed by atoms with E-state index in [1.54, 1.807) is 0 Å². The van der Waals surface area contributed by atoms with Crippen LogP contribution in [0, 0.1) is 0 Å². The number of carbonyl (C=O) groups is 2. The second-order valence-corrected chi connectivity index (χ2v) is 13.5. The SMILES string of the molecule is CCCCCCCCCCCCCCCCNC(=O)[C@@H](O)[C@H](O)[C@@H](O)[C@@H](O)C(=O)O.CCCCCCCCCCCCCCCC[NH3+]. The van der Waals surface area contributed by atoms with Crippen LogP contribution in [0.4, 0.5) is 0 Å². The lowest BCUT2D eigenvalue weighted by atomic mass is 10.0. The molecule has 0 bridgehead atoms. The minimum atomic E-state index is -2.28. The van der Waals surface area contributed by atoms with Crippen LogP contribution in [0.15, 0.2) is 0 Å². The molecule has 0 aromatic carbocycles. The van der Waals surface area contributed by atoms with E-state index in [-0.39, 0.29) is 0 Å². The summed E-state index contributed by atoms with van der Waals surface area (Å²) in [5, 5.41) is 48.9. The number of aliphatic hydroxyl groups is 4. The number of quaternary nitrogens is 1. The van der Waals surface area contributed by atoms with Gasteiger partial charge in [-0.2, -0.15) is 0 Å². The molecule has 47 heavy (non-hydrogen) atoms. The van der Waals surface area contributed by atoms with Gasteiger partial charge >= 0.3 is 5.97 Å². The Kier molecular flexibility index (Phi) is 38.2. The lowest BCUT2D eigenvalue weighted by molar-refractivity contribution is -0.368. The minimum Gasteiger partial charge on any atom is -0.479 e. The number of hydrogen-bond donors (Lipinski definition) is 7. The summed E-state index contributed by atoms with van der Waals surface area (Å²) in [6.07, 6.45) is 28.7. The maximum absolute atomic E-state index is 11.8. The van der Waals surface area contributed by atoms with Gasteiger partial charge < -0.3 is 36.6 Å². The summed E-state index contributed by atoms with van der Waals surface area (Å²) < 4.78 is 0. The number of carboxylic acid groups (broad SMARTS) is 1. The van der Waals surface area contributed by atoms with Gasteiger partial charge in [-0.3, -0.25) is 4.79 Å². The van der Waals surface area contributed by atoms with Crippen molar-refractivity contribution in [2.45, 2.75) is 218 Å². The first-order valence-electron chi connectivity index (χ1n) is 19.8. The molecule has 0 unspecified atom stereocenters. The van der Waals surface area contributed by atoms with Crippen LogP contribution >= 0.6 is 0 Å². The molecule has 0 aromatic rings. The fourth-order valence-electron chi connectivity index (χ4n) is 5.68. The second kappa shape index (κ2) is 37.6. The highest BCUT2D eigenvalue weighted by Gasteiger charge is 2.37. The van der Waals surface area contributed by atoms with Gasteiger partial charge in [0.15, 0.2) is 12.2 Å². The molecule has 0 aliphatic rings. The third-order valence-electron chi connectivity index (χ3n) is 8.95. The molecular formula is C38H79N2O7+. The number of rotatable bonds is 34. The maximum atomic E-state index is 11.8. The first-order valence-corrected chi connectivity index (χ1v) is 19.8. The summed E-state index contributed by atoms with van der Waals surface area (Å²) in [7, 11) is 0. The molecule has 0 saturated heterocycles. The number of aliphatic carboxylic acids is 1. The van der Waals surface area contributed by atoms with Crippen molar-refractivity contribution in [2.24, 2.45) is 0 Å². The third-order valence-corrected chi connectivity index (χ3v) is 8.95. The number of aliphatic hydroxyl groups excluding tert-OH is 4. The van der Waals surface area contributed by atoms with Crippen LogP contribution in [-0.4, -0.2) is 74.9 Å². The van der Waals surface area contributed by atoms with Crippen LogP contribution in [0.25, 0.3) is 0 Å². The smallest absolute Gasteiger partial charge is 0.335 e. The van der Waals surface area contributed by atoms with E-state index in [0.29, 0.717) is 6.54 Å². The van der Waals surface area contributed by atoms with Gasteiger partial charge in [0.05, 0.1) is 6.54 Å². The average molecular weight is 676 g/mol. The van der Waals surface area contributed by atoms with Crippen LogP contribution in [0.1, 0.15) is 194 Å². The van der Waals surface area contributed by atoms with Crippen LogP contribution < -0.4 is 11.1 Å². The zero-order chi connectivity index (χ0) is 35.4. The lowest BCUT2D eigenvalue weighted by Gasteiger charge is -2.23. The first-order chi connectivity index (χ1) is 22.7. The molecule has 0 spiro atoms. The largest absolute Gasteiger partial charge is 0.479 e. The molecule has 282 valence electrons. The Labute approximate surface area is 288 Å². The van der Waals surface area contributed by atoms with E-state index in [4.69, 9.17) is 10.2 Å². The molecule has 0 aliphatic heterocycles. The Hall–Kier alpha value is -1.26. The lowest BCUT2D eigenvalue weighted by Crippen LogP contribution is -2.52. The van der Waals surface area contributed by atoms with Gasteiger partial charge in [0, 0.05) is 6.54 Å². The van der Waals surface area contributed by atoms with Crippen LogP contribution in [0.5, 0.6) is 0 Å². The predicted molar refractivity (Wildman–Crippen MR) is 193 cm³/mol. The molecule has 0 fully saturated rings. The van der Waals surface area contributed by atoms with E-state index in [9.17, 15) is 24.9 Å². The fourth-order valence-corrected chi connectivity index (χ4v) is 5.68. The standard InChI is InChI=1S/C22H43NO7.C16H35N/c1-2-3-4-5-6-7-8-9-10-11-12-13-14-15-16-23-21(28)19(26)17(24)18(25)20(27)22(29)30;1-2-3-4-5-6-7-8-9-10-11-12-13-14-15-16-17/h17-20,24-27H,2-16H2,1H3,(H,23,28)(H,29,30);2-17H2,1H3/p+1/t17-,18-,19+,20-;/m1./s1. The highest BCUT2D eigenvalue weighted by atomic mass is 16.4. The predicted octanol–water partition coefficient (Wildman–Crippen LogP) is 6.82. The number of amides is 1. The summed E-state index contributed by atoms with van der Waals surface area (Å²) in [5.74, 6) is -2.66. The molecule has 1 amide bonds. The molecular weight excluding hydrogens is 596 g/mol. The second-order valence-electron chi connectivity index (χ2n) is 13.5. The molecule has 0 rings (SSSR count). The van der Waals surface area contributed by atoms with Crippen molar-refractivity contribution in [3.63, 3.8) is 0 Å². The number of carboxylic acids is 1. The van der Waals surface area contributed by atoms with Crippen molar-refractivity contribution in [2.75, 3.05) is 13.1 Å². The Balaban J connectivity index is 0. The summed E-state index contributed by atoms with van der Waals surface area (Å²) in [5.41, 5.74) is 3.88. The summed E-state index contributed by atoms with van der Waals surface area (Å²) in [6.45, 7) is 5.96. The highest BCUT2D eigenvalue weighted by molar-refractivity contribution is 5.81. The molecule has 0 heterocycles. The molecule has 0 aliphatic carbocycles. The summed E-state index contributed by atoms with van der Waals surface area (Å²) in [4.78, 5) is 22.3. The highest BCUT2D eigenvalue weighted by Crippen LogP contribution is 2.14. The van der Waals surface area contributed by atoms with Crippen molar-refractivity contribution in [3.8, 4) is 0 Å². The van der Waals surface area contributed by atoms with Crippen molar-refractivity contribution < 1.29 is 40.9 Å². The van der Waals surface area contributed by atoms with Gasteiger partial charge in [-0.25, -0.2) is 4.79 Å². The van der Waals surface area contributed by atoms with E-state index in [1.807, 2.05) is 0 Å². The van der Waals surface area contributed by atoms with Crippen LogP contribution in [-0.2, 0) is 9.59 Å². The molecule has 9 nitrogen and oxygen atoms in total. The fraction of sp³-hybridized carbons (Fsp3) is 0.947. The molecule has 9 heteroatoms. The van der Waals surface area contributed by atoms with E-state index >= 15 is 0 Å². The average Bonchev–Trinajstić information content (AvgIpc) is 3.07. The summed E-state index contributed by atoms with van der Waals surface area (Å²) >= 11 is 0. The van der Waals surface area contributed by atoms with Crippen molar-refractivity contribution >= 4 is 11.9 Å². The minimum absolute atomic E-state index is 0.318. The molecule has 4 atom stereocenters. The Morgan fingerprint density at radius 3 is 1.04 bits per heavy atom. The third kappa shape index (κ3) is 33.0. The van der Waals surface area contributed by atoms with Gasteiger partial charge in [-0.15, -0.1) is 0 Å². The molecule has 0 aromatic heterocycles. The van der Waals surface area contributed by atoms with E-state index in [2.05, 4.69) is 24.9 Å². The van der Waals surface area contributed by atoms with Crippen LogP contribution in [0.3, 0.4) is 0 Å². The van der Waals surface area contributed by atoms with E-state index < -0.39 is 36.3 Å². The van der Waals surface area contributed by atoms with Gasteiger partial charge in [0.2, 0.25) is 0 Å². The number of carbonyl (C=O) groups excluding carboxylic acids is 1. The van der Waals surface area contributed by atoms with Gasteiger partial charge in [-0.05, 0) is 19.3 Å². The van der Waals surface area contributed by atoms with E-state index in [0.717, 1.165) is 32.2 Å². The number of unbranched alkanes of at least 4 members (excludes halogenated alkanes) is 26. The number of nitrogens with one attached hydrogen (secondary N) is 1. The molecule has 0 saturated carbocycles.